The van der Waals surface area contributed by atoms with Crippen LogP contribution in [0.2, 0.25) is 0 Å². The summed E-state index contributed by atoms with van der Waals surface area (Å²) < 4.78 is 20.9. The molecule has 4 aromatic rings. The van der Waals surface area contributed by atoms with E-state index in [1.807, 2.05) is 53.6 Å². The Balaban J connectivity index is 1.39. The zero-order valence-electron chi connectivity index (χ0n) is 18.9. The molecule has 0 N–H and O–H groups in total. The monoisotopic (exact) mass is 476 g/mol. The highest BCUT2D eigenvalue weighted by Gasteiger charge is 2.27. The van der Waals surface area contributed by atoms with Crippen LogP contribution in [0, 0.1) is 5.82 Å². The van der Waals surface area contributed by atoms with Gasteiger partial charge in [0.1, 0.15) is 23.0 Å². The largest absolute Gasteiger partial charge is 0.492 e. The quantitative estimate of drug-likeness (QED) is 0.389. The predicted octanol–water partition coefficient (Wildman–Crippen LogP) is 5.10. The van der Waals surface area contributed by atoms with Gasteiger partial charge in [0.25, 0.3) is 5.91 Å². The highest BCUT2D eigenvalue weighted by atomic mass is 32.1. The first kappa shape index (κ1) is 22.2. The second-order valence-electron chi connectivity index (χ2n) is 7.96. The maximum atomic E-state index is 13.6. The molecule has 1 aliphatic heterocycles. The van der Waals surface area contributed by atoms with E-state index in [4.69, 9.17) is 9.84 Å². The minimum atomic E-state index is -0.328. The third-order valence-corrected chi connectivity index (χ3v) is 6.74. The molecule has 2 aromatic carbocycles. The summed E-state index contributed by atoms with van der Waals surface area (Å²) in [5.41, 5.74) is 2.90. The van der Waals surface area contributed by atoms with Gasteiger partial charge in [0.2, 0.25) is 0 Å². The molecule has 0 atom stereocenters. The summed E-state index contributed by atoms with van der Waals surface area (Å²) in [5, 5.41) is 6.67. The third-order valence-electron chi connectivity index (χ3n) is 5.85. The molecule has 1 fully saturated rings. The molecule has 8 heteroatoms. The van der Waals surface area contributed by atoms with Crippen LogP contribution in [0.3, 0.4) is 0 Å². The van der Waals surface area contributed by atoms with E-state index in [0.717, 1.165) is 22.0 Å². The number of thiophene rings is 1. The van der Waals surface area contributed by atoms with Crippen molar-refractivity contribution in [2.24, 2.45) is 0 Å². The zero-order chi connectivity index (χ0) is 23.5. The van der Waals surface area contributed by atoms with E-state index < -0.39 is 0 Å². The van der Waals surface area contributed by atoms with Crippen LogP contribution in [0.1, 0.15) is 17.4 Å². The van der Waals surface area contributed by atoms with Crippen LogP contribution in [-0.4, -0.2) is 53.4 Å². The van der Waals surface area contributed by atoms with Gasteiger partial charge in [0.15, 0.2) is 0 Å². The van der Waals surface area contributed by atoms with Crippen molar-refractivity contribution in [1.82, 2.24) is 14.7 Å². The number of halogens is 1. The number of amides is 1. The first-order valence-corrected chi connectivity index (χ1v) is 12.2. The van der Waals surface area contributed by atoms with E-state index in [1.54, 1.807) is 28.2 Å². The molecular weight excluding hydrogens is 451 g/mol. The molecule has 0 bridgehead atoms. The molecule has 0 saturated carbocycles. The van der Waals surface area contributed by atoms with Crippen LogP contribution in [0.5, 0.6) is 5.75 Å². The third kappa shape index (κ3) is 4.41. The first-order valence-electron chi connectivity index (χ1n) is 11.3. The molecule has 0 radical (unpaired) electrons. The van der Waals surface area contributed by atoms with Gasteiger partial charge < -0.3 is 14.5 Å². The van der Waals surface area contributed by atoms with Gasteiger partial charge in [-0.05, 0) is 60.8 Å². The maximum Gasteiger partial charge on any atom is 0.272 e. The summed E-state index contributed by atoms with van der Waals surface area (Å²) >= 11 is 1.57. The van der Waals surface area contributed by atoms with E-state index in [2.05, 4.69) is 11.0 Å². The van der Waals surface area contributed by atoms with Gasteiger partial charge in [-0.3, -0.25) is 4.79 Å². The molecular formula is C26H25FN4O2S. The van der Waals surface area contributed by atoms with E-state index in [-0.39, 0.29) is 11.7 Å². The number of nitrogens with zero attached hydrogens (tertiary/aromatic N) is 4. The number of aromatic nitrogens is 2. The minimum absolute atomic E-state index is 0.0858. The minimum Gasteiger partial charge on any atom is -0.492 e. The second kappa shape index (κ2) is 9.69. The molecule has 6 nitrogen and oxygen atoms in total. The first-order chi connectivity index (χ1) is 16.6. The number of ether oxygens (including phenoxy) is 1. The van der Waals surface area contributed by atoms with E-state index >= 15 is 0 Å². The summed E-state index contributed by atoms with van der Waals surface area (Å²) in [6, 6.07) is 19.8. The molecule has 1 aliphatic rings. The molecule has 1 amide bonds. The lowest BCUT2D eigenvalue weighted by Crippen LogP contribution is -2.49. The van der Waals surface area contributed by atoms with E-state index in [0.29, 0.717) is 44.2 Å². The summed E-state index contributed by atoms with van der Waals surface area (Å²) in [5.74, 6) is 0.447. The maximum absolute atomic E-state index is 13.6. The zero-order valence-corrected chi connectivity index (χ0v) is 19.7. The van der Waals surface area contributed by atoms with Crippen molar-refractivity contribution in [3.05, 3.63) is 83.6 Å². The molecule has 5 rings (SSSR count). The fourth-order valence-corrected chi connectivity index (χ4v) is 4.85. The summed E-state index contributed by atoms with van der Waals surface area (Å²) in [6.45, 7) is 5.17. The van der Waals surface area contributed by atoms with Gasteiger partial charge in [-0.25, -0.2) is 9.07 Å². The van der Waals surface area contributed by atoms with Gasteiger partial charge in [-0.2, -0.15) is 5.10 Å². The Bertz CT molecular complexity index is 1260. The molecule has 0 unspecified atom stereocenters. The van der Waals surface area contributed by atoms with E-state index in [9.17, 15) is 9.18 Å². The molecule has 3 heterocycles. The van der Waals surface area contributed by atoms with Crippen LogP contribution < -0.4 is 9.64 Å². The Morgan fingerprint density at radius 2 is 1.79 bits per heavy atom. The van der Waals surface area contributed by atoms with Crippen molar-refractivity contribution in [3.63, 3.8) is 0 Å². The van der Waals surface area contributed by atoms with Crippen molar-refractivity contribution < 1.29 is 13.9 Å². The average molecular weight is 477 g/mol. The van der Waals surface area contributed by atoms with Crippen LogP contribution in [-0.2, 0) is 0 Å². The van der Waals surface area contributed by atoms with Crippen LogP contribution in [0.4, 0.5) is 10.1 Å². The molecule has 34 heavy (non-hydrogen) atoms. The van der Waals surface area contributed by atoms with Crippen molar-refractivity contribution in [3.8, 4) is 22.0 Å². The Labute approximate surface area is 201 Å². The lowest BCUT2D eigenvalue weighted by molar-refractivity contribution is 0.0737. The van der Waals surface area contributed by atoms with Gasteiger partial charge in [0, 0.05) is 26.2 Å². The number of rotatable bonds is 6. The number of carbonyl (C=O) groups is 1. The van der Waals surface area contributed by atoms with E-state index in [1.165, 1.54) is 12.1 Å². The lowest BCUT2D eigenvalue weighted by atomic mass is 10.2. The molecule has 1 saturated heterocycles. The van der Waals surface area contributed by atoms with Gasteiger partial charge >= 0.3 is 0 Å². The van der Waals surface area contributed by atoms with Crippen LogP contribution in [0.15, 0.2) is 72.1 Å². The Morgan fingerprint density at radius 3 is 2.50 bits per heavy atom. The predicted molar refractivity (Wildman–Crippen MR) is 133 cm³/mol. The number of para-hydroxylation sites is 2. The number of anilines is 1. The molecule has 0 spiro atoms. The smallest absolute Gasteiger partial charge is 0.272 e. The molecule has 0 aliphatic carbocycles. The standard InChI is InChI=1S/C26H25FN4O2S/c1-2-33-24-7-4-3-6-22(24)29-13-15-30(16-14-29)26(32)23-18-21(25-8-5-17-34-25)28-31(23)20-11-9-19(27)10-12-20/h3-12,17-18H,2,13-16H2,1H3. The SMILES string of the molecule is CCOc1ccccc1N1CCN(C(=O)c2cc(-c3cccs3)nn2-c2ccc(F)cc2)CC1. The summed E-state index contributed by atoms with van der Waals surface area (Å²) in [6.07, 6.45) is 0. The average Bonchev–Trinajstić information content (AvgIpc) is 3.55. The number of carbonyl (C=O) groups excluding carboxylic acids is 1. The van der Waals surface area contributed by atoms with Crippen molar-refractivity contribution in [2.45, 2.75) is 6.92 Å². The Morgan fingerprint density at radius 1 is 1.03 bits per heavy atom. The molecule has 174 valence electrons. The second-order valence-corrected chi connectivity index (χ2v) is 8.91. The Kier molecular flexibility index (Phi) is 6.31. The van der Waals surface area contributed by atoms with Crippen LogP contribution in [0.25, 0.3) is 16.3 Å². The van der Waals surface area contributed by atoms with Gasteiger partial charge in [-0.15, -0.1) is 11.3 Å². The number of piperazine rings is 1. The number of hydrogen-bond acceptors (Lipinski definition) is 5. The number of hydrogen-bond donors (Lipinski definition) is 0. The fraction of sp³-hybridized carbons (Fsp3) is 0.231. The fourth-order valence-electron chi connectivity index (χ4n) is 4.17. The normalized spacial score (nSPS) is 13.8. The number of benzene rings is 2. The highest BCUT2D eigenvalue weighted by Crippen LogP contribution is 2.30. The lowest BCUT2D eigenvalue weighted by Gasteiger charge is -2.36. The van der Waals surface area contributed by atoms with Crippen molar-refractivity contribution >= 4 is 22.9 Å². The van der Waals surface area contributed by atoms with Gasteiger partial charge in [-0.1, -0.05) is 18.2 Å². The Hall–Kier alpha value is -3.65. The van der Waals surface area contributed by atoms with Crippen LogP contribution >= 0.6 is 11.3 Å². The van der Waals surface area contributed by atoms with Gasteiger partial charge in [0.05, 0.1) is 22.9 Å². The summed E-state index contributed by atoms with van der Waals surface area (Å²) in [4.78, 5) is 18.7. The van der Waals surface area contributed by atoms with Crippen molar-refractivity contribution in [1.29, 1.82) is 0 Å². The van der Waals surface area contributed by atoms with Crippen molar-refractivity contribution in [2.75, 3.05) is 37.7 Å². The highest BCUT2D eigenvalue weighted by molar-refractivity contribution is 7.13. The summed E-state index contributed by atoms with van der Waals surface area (Å²) in [7, 11) is 0. The molecule has 2 aromatic heterocycles. The topological polar surface area (TPSA) is 50.6 Å².